The van der Waals surface area contributed by atoms with Gasteiger partial charge in [0, 0.05) is 19.1 Å². The van der Waals surface area contributed by atoms with Gasteiger partial charge in [-0.25, -0.2) is 9.59 Å². The quantitative estimate of drug-likeness (QED) is 0.869. The molecule has 6 nitrogen and oxygen atoms in total. The van der Waals surface area contributed by atoms with E-state index >= 15 is 0 Å². The zero-order valence-electron chi connectivity index (χ0n) is 15.2. The first-order valence-electron chi connectivity index (χ1n) is 8.73. The van der Waals surface area contributed by atoms with Gasteiger partial charge in [0.1, 0.15) is 6.61 Å². The minimum atomic E-state index is -0.892. The number of carbonyl (C=O) groups is 2. The Labute approximate surface area is 149 Å². The molecule has 0 spiro atoms. The van der Waals surface area contributed by atoms with Gasteiger partial charge >= 0.3 is 12.2 Å². The maximum absolute atomic E-state index is 12.0. The summed E-state index contributed by atoms with van der Waals surface area (Å²) in [5, 5.41) is 12.3. The molecule has 2 atom stereocenters. The molecule has 1 saturated heterocycles. The van der Waals surface area contributed by atoms with Crippen LogP contribution in [-0.2, 0) is 11.3 Å². The third-order valence-electron chi connectivity index (χ3n) is 4.61. The zero-order valence-corrected chi connectivity index (χ0v) is 15.2. The number of benzene rings is 1. The van der Waals surface area contributed by atoms with Gasteiger partial charge < -0.3 is 20.1 Å². The number of hydrogen-bond acceptors (Lipinski definition) is 3. The molecule has 0 radical (unpaired) electrons. The Kier molecular flexibility index (Phi) is 6.28. The molecule has 2 N–H and O–H groups in total. The normalized spacial score (nSPS) is 20.8. The van der Waals surface area contributed by atoms with E-state index in [4.69, 9.17) is 4.74 Å². The topological polar surface area (TPSA) is 78.9 Å². The van der Waals surface area contributed by atoms with Crippen molar-refractivity contribution in [2.45, 2.75) is 46.3 Å². The predicted molar refractivity (Wildman–Crippen MR) is 95.3 cm³/mol. The van der Waals surface area contributed by atoms with Crippen molar-refractivity contribution >= 4 is 12.2 Å². The zero-order chi connectivity index (χ0) is 18.4. The Bertz CT molecular complexity index is 583. The molecule has 0 aromatic heterocycles. The van der Waals surface area contributed by atoms with Crippen LogP contribution in [0.25, 0.3) is 0 Å². The third kappa shape index (κ3) is 5.37. The fourth-order valence-corrected chi connectivity index (χ4v) is 3.67. The van der Waals surface area contributed by atoms with Crippen molar-refractivity contribution in [1.29, 1.82) is 0 Å². The van der Waals surface area contributed by atoms with Gasteiger partial charge in [0.05, 0.1) is 0 Å². The minimum Gasteiger partial charge on any atom is -0.465 e. The molecule has 2 amide bonds. The van der Waals surface area contributed by atoms with Crippen LogP contribution in [0, 0.1) is 11.3 Å². The minimum absolute atomic E-state index is 0.0779. The van der Waals surface area contributed by atoms with Gasteiger partial charge in [-0.3, -0.25) is 0 Å². The van der Waals surface area contributed by atoms with Crippen molar-refractivity contribution in [1.82, 2.24) is 10.2 Å². The van der Waals surface area contributed by atoms with Crippen molar-refractivity contribution in [2.75, 3.05) is 13.1 Å². The van der Waals surface area contributed by atoms with Crippen LogP contribution < -0.4 is 5.32 Å². The molecule has 1 unspecified atom stereocenters. The van der Waals surface area contributed by atoms with Crippen LogP contribution >= 0.6 is 0 Å². The fourth-order valence-electron chi connectivity index (χ4n) is 3.67. The van der Waals surface area contributed by atoms with Gasteiger partial charge in [-0.05, 0) is 29.7 Å². The maximum Gasteiger partial charge on any atom is 0.407 e. The molecule has 1 fully saturated rings. The van der Waals surface area contributed by atoms with Crippen molar-refractivity contribution in [3.63, 3.8) is 0 Å². The van der Waals surface area contributed by atoms with Crippen LogP contribution in [0.2, 0.25) is 0 Å². The average molecular weight is 348 g/mol. The molecule has 0 aliphatic carbocycles. The Hall–Kier alpha value is -2.24. The molecule has 1 aliphatic rings. The van der Waals surface area contributed by atoms with E-state index in [0.717, 1.165) is 18.4 Å². The molecule has 1 aromatic rings. The van der Waals surface area contributed by atoms with Crippen molar-refractivity contribution < 1.29 is 19.4 Å². The fraction of sp³-hybridized carbons (Fsp3) is 0.579. The van der Waals surface area contributed by atoms with E-state index in [9.17, 15) is 14.7 Å². The Morgan fingerprint density at radius 1 is 1.28 bits per heavy atom. The van der Waals surface area contributed by atoms with E-state index in [1.54, 1.807) is 0 Å². The number of likely N-dealkylation sites (tertiary alicyclic amines) is 1. The van der Waals surface area contributed by atoms with Gasteiger partial charge in [-0.2, -0.15) is 0 Å². The SMILES string of the molecule is CC(C)(C)[C@@H]1C(CNC(=O)OCc2ccccc2)CCCN1C(=O)O. The first kappa shape index (κ1) is 19.1. The number of nitrogens with zero attached hydrogens (tertiary/aromatic N) is 1. The summed E-state index contributed by atoms with van der Waals surface area (Å²) in [6.07, 6.45) is 0.342. The van der Waals surface area contributed by atoms with Gasteiger partial charge in [0.15, 0.2) is 0 Å². The molecule has 1 aliphatic heterocycles. The second-order valence-corrected chi connectivity index (χ2v) is 7.63. The number of piperidine rings is 1. The molecule has 25 heavy (non-hydrogen) atoms. The molecular weight excluding hydrogens is 320 g/mol. The number of carbonyl (C=O) groups excluding carboxylic acids is 1. The Balaban J connectivity index is 1.90. The van der Waals surface area contributed by atoms with Crippen LogP contribution in [0.3, 0.4) is 0 Å². The second kappa shape index (κ2) is 8.23. The van der Waals surface area contributed by atoms with Crippen molar-refractivity contribution in [3.8, 4) is 0 Å². The van der Waals surface area contributed by atoms with E-state index < -0.39 is 12.2 Å². The summed E-state index contributed by atoms with van der Waals surface area (Å²) in [6, 6.07) is 9.37. The summed E-state index contributed by atoms with van der Waals surface area (Å²) in [6.45, 7) is 7.31. The number of amides is 2. The molecule has 6 heteroatoms. The van der Waals surface area contributed by atoms with Crippen LogP contribution in [-0.4, -0.2) is 41.3 Å². The summed E-state index contributed by atoms with van der Waals surface area (Å²) < 4.78 is 5.23. The van der Waals surface area contributed by atoms with Crippen molar-refractivity contribution in [3.05, 3.63) is 35.9 Å². The molecule has 1 aromatic carbocycles. The number of nitrogens with one attached hydrogen (secondary N) is 1. The smallest absolute Gasteiger partial charge is 0.407 e. The van der Waals surface area contributed by atoms with E-state index in [1.807, 2.05) is 51.1 Å². The second-order valence-electron chi connectivity index (χ2n) is 7.63. The lowest BCUT2D eigenvalue weighted by Crippen LogP contribution is -2.56. The number of hydrogen-bond donors (Lipinski definition) is 2. The standard InChI is InChI=1S/C19H28N2O4/c1-19(2,3)16-15(10-7-11-21(16)18(23)24)12-20-17(22)25-13-14-8-5-4-6-9-14/h4-6,8-9,15-16H,7,10-13H2,1-3H3,(H,20,22)(H,23,24)/t15?,16-/m0/s1. The van der Waals surface area contributed by atoms with Crippen LogP contribution in [0.5, 0.6) is 0 Å². The highest BCUT2D eigenvalue weighted by Gasteiger charge is 2.41. The molecule has 1 heterocycles. The summed E-state index contributed by atoms with van der Waals surface area (Å²) in [7, 11) is 0. The molecular formula is C19H28N2O4. The highest BCUT2D eigenvalue weighted by molar-refractivity contribution is 5.67. The van der Waals surface area contributed by atoms with Gasteiger partial charge in [-0.15, -0.1) is 0 Å². The number of alkyl carbamates (subject to hydrolysis) is 1. The predicted octanol–water partition coefficient (Wildman–Crippen LogP) is 3.72. The van der Waals surface area contributed by atoms with Gasteiger partial charge in [0.2, 0.25) is 0 Å². The summed E-state index contributed by atoms with van der Waals surface area (Å²) in [5.74, 6) is 0.0779. The summed E-state index contributed by atoms with van der Waals surface area (Å²) in [5.41, 5.74) is 0.735. The van der Waals surface area contributed by atoms with Gasteiger partial charge in [-0.1, -0.05) is 51.1 Å². The van der Waals surface area contributed by atoms with Crippen LogP contribution in [0.1, 0.15) is 39.2 Å². The van der Waals surface area contributed by atoms with Gasteiger partial charge in [0.25, 0.3) is 0 Å². The number of ether oxygens (including phenoxy) is 1. The van der Waals surface area contributed by atoms with Crippen LogP contribution in [0.15, 0.2) is 30.3 Å². The highest BCUT2D eigenvalue weighted by Crippen LogP contribution is 2.35. The Morgan fingerprint density at radius 3 is 2.56 bits per heavy atom. The number of carboxylic acid groups (broad SMARTS) is 1. The van der Waals surface area contributed by atoms with Crippen LogP contribution in [0.4, 0.5) is 9.59 Å². The van der Waals surface area contributed by atoms with E-state index in [2.05, 4.69) is 5.32 Å². The molecule has 138 valence electrons. The average Bonchev–Trinajstić information content (AvgIpc) is 2.57. The summed E-state index contributed by atoms with van der Waals surface area (Å²) >= 11 is 0. The van der Waals surface area contributed by atoms with E-state index in [-0.39, 0.29) is 24.0 Å². The van der Waals surface area contributed by atoms with E-state index in [0.29, 0.717) is 13.1 Å². The molecule has 0 bridgehead atoms. The first-order chi connectivity index (χ1) is 11.8. The molecule has 2 rings (SSSR count). The van der Waals surface area contributed by atoms with Crippen molar-refractivity contribution in [2.24, 2.45) is 11.3 Å². The summed E-state index contributed by atoms with van der Waals surface area (Å²) in [4.78, 5) is 25.1. The lowest BCUT2D eigenvalue weighted by Gasteiger charge is -2.46. The largest absolute Gasteiger partial charge is 0.465 e. The molecule has 0 saturated carbocycles. The monoisotopic (exact) mass is 348 g/mol. The third-order valence-corrected chi connectivity index (χ3v) is 4.61. The number of rotatable bonds is 4. The van der Waals surface area contributed by atoms with E-state index in [1.165, 1.54) is 4.90 Å². The maximum atomic E-state index is 12.0. The Morgan fingerprint density at radius 2 is 1.96 bits per heavy atom. The first-order valence-corrected chi connectivity index (χ1v) is 8.73. The highest BCUT2D eigenvalue weighted by atomic mass is 16.5. The lowest BCUT2D eigenvalue weighted by atomic mass is 9.74. The lowest BCUT2D eigenvalue weighted by molar-refractivity contribution is 0.0227.